The highest BCUT2D eigenvalue weighted by atomic mass is 19.3. The van der Waals surface area contributed by atoms with Crippen molar-refractivity contribution in [2.45, 2.75) is 64.3 Å². The fourth-order valence-electron chi connectivity index (χ4n) is 3.35. The van der Waals surface area contributed by atoms with E-state index in [-0.39, 0.29) is 24.3 Å². The number of rotatable bonds is 3. The van der Waals surface area contributed by atoms with Crippen LogP contribution in [0.1, 0.15) is 46.6 Å². The first-order chi connectivity index (χ1) is 13.4. The van der Waals surface area contributed by atoms with Crippen molar-refractivity contribution >= 4 is 18.5 Å². The third-order valence-electron chi connectivity index (χ3n) is 5.90. The Morgan fingerprint density at radius 3 is 2.41 bits per heavy atom. The molecule has 1 aromatic carbocycles. The Hall–Kier alpha value is -2.18. The lowest BCUT2D eigenvalue weighted by Gasteiger charge is -2.37. The van der Waals surface area contributed by atoms with Gasteiger partial charge in [0.2, 0.25) is 5.91 Å². The molecule has 2 aliphatic rings. The number of piperidine rings is 1. The summed E-state index contributed by atoms with van der Waals surface area (Å²) in [7, 11) is -0.665. The summed E-state index contributed by atoms with van der Waals surface area (Å²) in [5.74, 6) is -3.53. The van der Waals surface area contributed by atoms with E-state index in [1.54, 1.807) is 12.1 Å². The molecule has 3 rings (SSSR count). The molecule has 2 heterocycles. The van der Waals surface area contributed by atoms with Crippen LogP contribution in [0.25, 0.3) is 0 Å². The van der Waals surface area contributed by atoms with Crippen molar-refractivity contribution < 1.29 is 27.6 Å². The van der Waals surface area contributed by atoms with Gasteiger partial charge in [0.25, 0.3) is 0 Å². The SMILES string of the molecule is CC(=O)N1CC[C@H](Oc2ccc(B3OC(C)(C)C(C)(C)O3)cc2C#N)C(F)(F)C1. The quantitative estimate of drug-likeness (QED) is 0.722. The molecule has 156 valence electrons. The molecular weight excluding hydrogens is 381 g/mol. The molecule has 0 spiro atoms. The lowest BCUT2D eigenvalue weighted by atomic mass is 9.78. The maximum atomic E-state index is 14.5. The standard InChI is InChI=1S/C20H25BF2N2O4/c1-13(26)25-9-8-17(20(22,23)12-25)27-16-7-6-15(10-14(16)11-24)21-28-18(2,3)19(4,5)29-21/h6-7,10,17H,8-9,12H2,1-5H3/t17-/m0/s1. The Kier molecular flexibility index (Phi) is 5.39. The first kappa shape index (κ1) is 21.5. The second-order valence-corrected chi connectivity index (χ2v) is 8.55. The Bertz CT molecular complexity index is 837. The van der Waals surface area contributed by atoms with Gasteiger partial charge < -0.3 is 18.9 Å². The van der Waals surface area contributed by atoms with Gasteiger partial charge in [-0.1, -0.05) is 6.07 Å². The number of alkyl halides is 2. The molecule has 1 aromatic rings. The Balaban J connectivity index is 1.79. The molecule has 0 bridgehead atoms. The second-order valence-electron chi connectivity index (χ2n) is 8.55. The van der Waals surface area contributed by atoms with Crippen LogP contribution in [-0.4, -0.2) is 54.2 Å². The number of carbonyl (C=O) groups excluding carboxylic acids is 1. The normalized spacial score (nSPS) is 24.8. The predicted octanol–water partition coefficient (Wildman–Crippen LogP) is 2.49. The minimum Gasteiger partial charge on any atom is -0.483 e. The minimum absolute atomic E-state index is 0.0174. The van der Waals surface area contributed by atoms with Crippen LogP contribution in [0.2, 0.25) is 0 Å². The fourth-order valence-corrected chi connectivity index (χ4v) is 3.35. The van der Waals surface area contributed by atoms with E-state index in [0.29, 0.717) is 5.46 Å². The van der Waals surface area contributed by atoms with Gasteiger partial charge in [0, 0.05) is 19.9 Å². The van der Waals surface area contributed by atoms with Gasteiger partial charge in [-0.05, 0) is 45.3 Å². The molecule has 2 fully saturated rings. The summed E-state index contributed by atoms with van der Waals surface area (Å²) in [4.78, 5) is 12.5. The van der Waals surface area contributed by atoms with E-state index in [1.807, 2.05) is 33.8 Å². The number of ether oxygens (including phenoxy) is 1. The number of likely N-dealkylation sites (tertiary alicyclic amines) is 1. The molecule has 1 atom stereocenters. The second kappa shape index (κ2) is 7.26. The third-order valence-corrected chi connectivity index (χ3v) is 5.90. The highest BCUT2D eigenvalue weighted by molar-refractivity contribution is 6.62. The van der Waals surface area contributed by atoms with Crippen molar-refractivity contribution in [3.05, 3.63) is 23.8 Å². The largest absolute Gasteiger partial charge is 0.494 e. The Labute approximate surface area is 169 Å². The fraction of sp³-hybridized carbons (Fsp3) is 0.600. The average molecular weight is 406 g/mol. The van der Waals surface area contributed by atoms with Crippen molar-refractivity contribution in [2.24, 2.45) is 0 Å². The maximum Gasteiger partial charge on any atom is 0.494 e. The third kappa shape index (κ3) is 4.10. The van der Waals surface area contributed by atoms with Gasteiger partial charge in [-0.3, -0.25) is 4.79 Å². The van der Waals surface area contributed by atoms with E-state index in [0.717, 1.165) is 4.90 Å². The molecule has 0 aromatic heterocycles. The van der Waals surface area contributed by atoms with Gasteiger partial charge in [0.15, 0.2) is 6.10 Å². The number of halogens is 2. The summed E-state index contributed by atoms with van der Waals surface area (Å²) in [6.45, 7) is 8.44. The smallest absolute Gasteiger partial charge is 0.483 e. The van der Waals surface area contributed by atoms with E-state index in [4.69, 9.17) is 14.0 Å². The summed E-state index contributed by atoms with van der Waals surface area (Å²) in [6, 6.07) is 6.69. The van der Waals surface area contributed by atoms with Gasteiger partial charge in [-0.2, -0.15) is 5.26 Å². The van der Waals surface area contributed by atoms with Crippen molar-refractivity contribution in [1.29, 1.82) is 5.26 Å². The first-order valence-electron chi connectivity index (χ1n) is 9.56. The number of carbonyl (C=O) groups is 1. The maximum absolute atomic E-state index is 14.5. The molecule has 0 N–H and O–H groups in total. The number of nitrogens with zero attached hydrogens (tertiary/aromatic N) is 2. The predicted molar refractivity (Wildman–Crippen MR) is 103 cm³/mol. The first-order valence-corrected chi connectivity index (χ1v) is 9.56. The van der Waals surface area contributed by atoms with Crippen LogP contribution < -0.4 is 10.2 Å². The van der Waals surface area contributed by atoms with Crippen molar-refractivity contribution in [1.82, 2.24) is 4.90 Å². The monoisotopic (exact) mass is 406 g/mol. The summed E-state index contributed by atoms with van der Waals surface area (Å²) < 4.78 is 46.4. The van der Waals surface area contributed by atoms with Crippen LogP contribution in [0.5, 0.6) is 5.75 Å². The minimum atomic E-state index is -3.21. The van der Waals surface area contributed by atoms with Crippen LogP contribution in [0.15, 0.2) is 18.2 Å². The van der Waals surface area contributed by atoms with Crippen LogP contribution in [0.3, 0.4) is 0 Å². The van der Waals surface area contributed by atoms with Gasteiger partial charge in [0.05, 0.1) is 23.3 Å². The van der Waals surface area contributed by atoms with Gasteiger partial charge in [-0.15, -0.1) is 0 Å². The molecule has 0 saturated carbocycles. The Morgan fingerprint density at radius 2 is 1.90 bits per heavy atom. The van der Waals surface area contributed by atoms with Gasteiger partial charge in [-0.25, -0.2) is 8.78 Å². The summed E-state index contributed by atoms with van der Waals surface area (Å²) in [5, 5.41) is 9.51. The molecule has 0 aliphatic carbocycles. The zero-order chi connectivity index (χ0) is 21.6. The van der Waals surface area contributed by atoms with E-state index in [1.165, 1.54) is 13.0 Å². The molecule has 2 saturated heterocycles. The van der Waals surface area contributed by atoms with E-state index in [2.05, 4.69) is 0 Å². The zero-order valence-electron chi connectivity index (χ0n) is 17.3. The van der Waals surface area contributed by atoms with Crippen molar-refractivity contribution in [2.75, 3.05) is 13.1 Å². The highest BCUT2D eigenvalue weighted by Crippen LogP contribution is 2.37. The molecule has 2 aliphatic heterocycles. The number of hydrogen-bond donors (Lipinski definition) is 0. The van der Waals surface area contributed by atoms with Crippen LogP contribution in [0.4, 0.5) is 8.78 Å². The molecule has 1 amide bonds. The van der Waals surface area contributed by atoms with Crippen molar-refractivity contribution in [3.63, 3.8) is 0 Å². The molecule has 0 unspecified atom stereocenters. The van der Waals surface area contributed by atoms with E-state index < -0.39 is 42.8 Å². The lowest BCUT2D eigenvalue weighted by Crippen LogP contribution is -2.55. The van der Waals surface area contributed by atoms with Gasteiger partial charge >= 0.3 is 13.0 Å². The molecule has 9 heteroatoms. The summed E-state index contributed by atoms with van der Waals surface area (Å²) in [5.41, 5.74) is -0.327. The average Bonchev–Trinajstić information content (AvgIpc) is 2.84. The molecule has 6 nitrogen and oxygen atoms in total. The van der Waals surface area contributed by atoms with E-state index >= 15 is 0 Å². The lowest BCUT2D eigenvalue weighted by molar-refractivity contribution is -0.158. The number of nitriles is 1. The van der Waals surface area contributed by atoms with Crippen LogP contribution >= 0.6 is 0 Å². The van der Waals surface area contributed by atoms with Crippen LogP contribution in [-0.2, 0) is 14.1 Å². The highest BCUT2D eigenvalue weighted by Gasteiger charge is 2.52. The summed E-state index contributed by atoms with van der Waals surface area (Å²) in [6.07, 6.45) is -1.43. The Morgan fingerprint density at radius 1 is 1.28 bits per heavy atom. The van der Waals surface area contributed by atoms with Crippen LogP contribution in [0, 0.1) is 11.3 Å². The number of hydrogen-bond acceptors (Lipinski definition) is 5. The van der Waals surface area contributed by atoms with E-state index in [9.17, 15) is 18.8 Å². The number of benzene rings is 1. The van der Waals surface area contributed by atoms with Crippen molar-refractivity contribution in [3.8, 4) is 11.8 Å². The van der Waals surface area contributed by atoms with Gasteiger partial charge in [0.1, 0.15) is 11.8 Å². The topological polar surface area (TPSA) is 71.8 Å². The zero-order valence-corrected chi connectivity index (χ0v) is 17.3. The molecule has 29 heavy (non-hydrogen) atoms. The molecule has 0 radical (unpaired) electrons. The summed E-state index contributed by atoms with van der Waals surface area (Å²) >= 11 is 0. The molecular formula is C20H25BF2N2O4. The number of amides is 1.